The van der Waals surface area contributed by atoms with Crippen LogP contribution < -0.4 is 5.73 Å². The third kappa shape index (κ3) is 11.0. The zero-order chi connectivity index (χ0) is 23.0. The number of hydrogen-bond acceptors (Lipinski definition) is 3. The number of urea groups is 1. The van der Waals surface area contributed by atoms with E-state index in [9.17, 15) is 4.79 Å². The van der Waals surface area contributed by atoms with E-state index in [0.29, 0.717) is 10.8 Å². The second-order valence-corrected chi connectivity index (χ2v) is 8.46. The molecule has 0 aliphatic heterocycles. The van der Waals surface area contributed by atoms with Crippen molar-refractivity contribution in [2.75, 3.05) is 26.2 Å². The van der Waals surface area contributed by atoms with E-state index in [2.05, 4.69) is 27.7 Å². The first-order valence-corrected chi connectivity index (χ1v) is 12.0. The normalized spacial score (nSPS) is 12.2. The minimum Gasteiger partial charge on any atom is -0.464 e. The van der Waals surface area contributed by atoms with E-state index >= 15 is 0 Å². The molecule has 0 aliphatic carbocycles. The second kappa shape index (κ2) is 16.2. The molecule has 1 unspecified atom stereocenters. The molecule has 0 radical (unpaired) electrons. The van der Waals surface area contributed by atoms with Crippen molar-refractivity contribution in [3.8, 4) is 0 Å². The highest BCUT2D eigenvalue weighted by Crippen LogP contribution is 2.20. The number of hydrogen-bond donors (Lipinski definition) is 2. The molecular formula is C24H48N3O3+. The van der Waals surface area contributed by atoms with Crippen LogP contribution in [0.3, 0.4) is 0 Å². The zero-order valence-corrected chi connectivity index (χ0v) is 20.5. The highest BCUT2D eigenvalue weighted by atomic mass is 16.5. The minimum atomic E-state index is -0.901. The molecule has 1 aromatic heterocycles. The number of carbonyl (C=O) groups excluding carboxylic acids is 1. The standard InChI is InChI=1S/C16H36N.C8H12N2O3/c1-5-9-13-17(14-10-6-2,15-11-7-3)16-12-8-4;1-5-3-4-7(13-5)6(2)10(12)8(9)11/h5-16H2,1-4H3;3-4,6,12H,1-2H3,(H2,9,11)/q+1;. The van der Waals surface area contributed by atoms with Crippen LogP contribution in [0.4, 0.5) is 4.79 Å². The summed E-state index contributed by atoms with van der Waals surface area (Å²) in [5.74, 6) is 1.22. The number of nitrogens with two attached hydrogens (primary N) is 1. The lowest BCUT2D eigenvalue weighted by Crippen LogP contribution is -2.50. The lowest BCUT2D eigenvalue weighted by molar-refractivity contribution is -0.929. The lowest BCUT2D eigenvalue weighted by atomic mass is 10.1. The van der Waals surface area contributed by atoms with Crippen molar-refractivity contribution in [1.82, 2.24) is 5.06 Å². The molecule has 0 saturated heterocycles. The maximum atomic E-state index is 10.6. The van der Waals surface area contributed by atoms with Gasteiger partial charge in [-0.05, 0) is 51.7 Å². The molecule has 2 amide bonds. The number of unbranched alkanes of at least 4 members (excludes halogenated alkanes) is 4. The van der Waals surface area contributed by atoms with Crippen LogP contribution in [-0.2, 0) is 0 Å². The van der Waals surface area contributed by atoms with Gasteiger partial charge in [-0.1, -0.05) is 53.4 Å². The maximum Gasteiger partial charge on any atom is 0.339 e. The molecule has 1 rings (SSSR count). The zero-order valence-electron chi connectivity index (χ0n) is 20.5. The summed E-state index contributed by atoms with van der Waals surface area (Å²) in [7, 11) is 0. The summed E-state index contributed by atoms with van der Waals surface area (Å²) in [5.41, 5.74) is 4.88. The van der Waals surface area contributed by atoms with Gasteiger partial charge in [0.05, 0.1) is 26.2 Å². The molecule has 176 valence electrons. The van der Waals surface area contributed by atoms with E-state index in [1.54, 1.807) is 26.0 Å². The SMILES string of the molecule is CCCC[N+](CCCC)(CCCC)CCCC.Cc1ccc(C(C)N(O)C(N)=O)o1. The Labute approximate surface area is 185 Å². The molecule has 6 nitrogen and oxygen atoms in total. The van der Waals surface area contributed by atoms with E-state index in [1.165, 1.54) is 82.0 Å². The first-order valence-electron chi connectivity index (χ1n) is 12.0. The van der Waals surface area contributed by atoms with Crippen LogP contribution in [0.5, 0.6) is 0 Å². The Morgan fingerprint density at radius 2 is 1.37 bits per heavy atom. The van der Waals surface area contributed by atoms with Gasteiger partial charge in [-0.15, -0.1) is 0 Å². The van der Waals surface area contributed by atoms with E-state index in [-0.39, 0.29) is 0 Å². The first kappa shape index (κ1) is 28.5. The third-order valence-corrected chi connectivity index (χ3v) is 5.71. The number of quaternary nitrogens is 1. The predicted molar refractivity (Wildman–Crippen MR) is 124 cm³/mol. The van der Waals surface area contributed by atoms with Gasteiger partial charge in [0.15, 0.2) is 0 Å². The second-order valence-electron chi connectivity index (χ2n) is 8.46. The molecule has 0 bridgehead atoms. The van der Waals surface area contributed by atoms with Gasteiger partial charge in [-0.2, -0.15) is 5.06 Å². The van der Waals surface area contributed by atoms with Crippen molar-refractivity contribution >= 4 is 6.03 Å². The van der Waals surface area contributed by atoms with E-state index in [0.717, 1.165) is 5.76 Å². The first-order chi connectivity index (χ1) is 14.3. The summed E-state index contributed by atoms with van der Waals surface area (Å²) in [5, 5.41) is 9.59. The van der Waals surface area contributed by atoms with Crippen molar-refractivity contribution in [3.63, 3.8) is 0 Å². The summed E-state index contributed by atoms with van der Waals surface area (Å²) in [6.07, 6.45) is 11.1. The average molecular weight is 427 g/mol. The summed E-state index contributed by atoms with van der Waals surface area (Å²) < 4.78 is 6.63. The van der Waals surface area contributed by atoms with Crippen molar-refractivity contribution in [2.45, 2.75) is 99.0 Å². The number of rotatable bonds is 14. The molecule has 6 heteroatoms. The van der Waals surface area contributed by atoms with Gasteiger partial charge in [0, 0.05) is 0 Å². The Balaban J connectivity index is 0.000000579. The Bertz CT molecular complexity index is 522. The lowest BCUT2D eigenvalue weighted by Gasteiger charge is -2.39. The van der Waals surface area contributed by atoms with Gasteiger partial charge in [0.2, 0.25) is 0 Å². The fourth-order valence-corrected chi connectivity index (χ4v) is 3.63. The maximum absolute atomic E-state index is 10.6. The number of amides is 2. The van der Waals surface area contributed by atoms with Crippen molar-refractivity contribution < 1.29 is 18.9 Å². The van der Waals surface area contributed by atoms with Crippen LogP contribution in [0.15, 0.2) is 16.5 Å². The summed E-state index contributed by atoms with van der Waals surface area (Å²) in [6.45, 7) is 18.4. The Hall–Kier alpha value is -1.53. The average Bonchev–Trinajstić information content (AvgIpc) is 3.18. The number of nitrogens with zero attached hydrogens (tertiary/aromatic N) is 2. The van der Waals surface area contributed by atoms with Gasteiger partial charge < -0.3 is 14.6 Å². The van der Waals surface area contributed by atoms with Crippen LogP contribution in [0.1, 0.15) is 104 Å². The molecule has 1 aromatic rings. The molecule has 0 aliphatic rings. The third-order valence-electron chi connectivity index (χ3n) is 5.71. The molecule has 3 N–H and O–H groups in total. The van der Waals surface area contributed by atoms with E-state index in [4.69, 9.17) is 15.4 Å². The van der Waals surface area contributed by atoms with Gasteiger partial charge in [0.1, 0.15) is 17.6 Å². The highest BCUT2D eigenvalue weighted by Gasteiger charge is 2.24. The fraction of sp³-hybridized carbons (Fsp3) is 0.792. The molecule has 1 heterocycles. The number of aryl methyl sites for hydroxylation is 1. The highest BCUT2D eigenvalue weighted by molar-refractivity contribution is 5.70. The van der Waals surface area contributed by atoms with Crippen LogP contribution in [0.25, 0.3) is 0 Å². The molecule has 0 saturated carbocycles. The monoisotopic (exact) mass is 426 g/mol. The summed E-state index contributed by atoms with van der Waals surface area (Å²) in [6, 6.07) is 1.97. The molecule has 30 heavy (non-hydrogen) atoms. The smallest absolute Gasteiger partial charge is 0.339 e. The van der Waals surface area contributed by atoms with Crippen molar-refractivity contribution in [1.29, 1.82) is 0 Å². The fourth-order valence-electron chi connectivity index (χ4n) is 3.63. The van der Waals surface area contributed by atoms with Crippen molar-refractivity contribution in [2.24, 2.45) is 5.73 Å². The van der Waals surface area contributed by atoms with Crippen LogP contribution >= 0.6 is 0 Å². The van der Waals surface area contributed by atoms with Gasteiger partial charge in [-0.3, -0.25) is 5.21 Å². The van der Waals surface area contributed by atoms with E-state index in [1.807, 2.05) is 0 Å². The summed E-state index contributed by atoms with van der Waals surface area (Å²) in [4.78, 5) is 10.6. The van der Waals surface area contributed by atoms with Crippen LogP contribution in [-0.4, -0.2) is 47.0 Å². The van der Waals surface area contributed by atoms with Crippen molar-refractivity contribution in [3.05, 3.63) is 23.7 Å². The van der Waals surface area contributed by atoms with Gasteiger partial charge in [-0.25, -0.2) is 4.79 Å². The quantitative estimate of drug-likeness (QED) is 0.204. The Kier molecular flexibility index (Phi) is 15.4. The molecule has 0 spiro atoms. The van der Waals surface area contributed by atoms with Gasteiger partial charge >= 0.3 is 6.03 Å². The summed E-state index contributed by atoms with van der Waals surface area (Å²) >= 11 is 0. The van der Waals surface area contributed by atoms with Crippen LogP contribution in [0, 0.1) is 6.92 Å². The largest absolute Gasteiger partial charge is 0.464 e. The Morgan fingerprint density at radius 1 is 0.967 bits per heavy atom. The number of carbonyl (C=O) groups is 1. The predicted octanol–water partition coefficient (Wildman–Crippen LogP) is 6.42. The Morgan fingerprint density at radius 3 is 1.63 bits per heavy atom. The number of hydroxylamine groups is 2. The molecular weight excluding hydrogens is 378 g/mol. The molecule has 1 atom stereocenters. The molecule has 0 fully saturated rings. The number of primary amides is 1. The number of furan rings is 1. The molecule has 0 aromatic carbocycles. The van der Waals surface area contributed by atoms with Gasteiger partial charge in [0.25, 0.3) is 0 Å². The van der Waals surface area contributed by atoms with Crippen LogP contribution in [0.2, 0.25) is 0 Å². The topological polar surface area (TPSA) is 79.7 Å². The minimum absolute atomic E-state index is 0.429. The van der Waals surface area contributed by atoms with E-state index < -0.39 is 12.1 Å².